The lowest BCUT2D eigenvalue weighted by Gasteiger charge is -2.21. The van der Waals surface area contributed by atoms with Crippen LogP contribution < -0.4 is 5.32 Å². The van der Waals surface area contributed by atoms with Crippen LogP contribution in [0.3, 0.4) is 0 Å². The van der Waals surface area contributed by atoms with Gasteiger partial charge in [0.05, 0.1) is 0 Å². The standard InChI is InChI=1S/C11H24N2S/c1-10(2)13(3)6-5-12-8-11-4-7-14-9-11/h10-12H,4-9H2,1-3H3. The first-order valence-corrected chi connectivity index (χ1v) is 6.84. The van der Waals surface area contributed by atoms with Crippen LogP contribution in [0.5, 0.6) is 0 Å². The van der Waals surface area contributed by atoms with E-state index in [1.54, 1.807) is 0 Å². The van der Waals surface area contributed by atoms with E-state index in [1.807, 2.05) is 0 Å². The third kappa shape index (κ3) is 4.67. The molecule has 0 bridgehead atoms. The fraction of sp³-hybridized carbons (Fsp3) is 1.00. The summed E-state index contributed by atoms with van der Waals surface area (Å²) in [4.78, 5) is 2.39. The van der Waals surface area contributed by atoms with Gasteiger partial charge in [-0.3, -0.25) is 0 Å². The highest BCUT2D eigenvalue weighted by atomic mass is 32.2. The predicted octanol–water partition coefficient (Wildman–Crippen LogP) is 1.67. The van der Waals surface area contributed by atoms with Crippen LogP contribution in [-0.4, -0.2) is 49.1 Å². The fourth-order valence-electron chi connectivity index (χ4n) is 1.56. The minimum absolute atomic E-state index is 0.666. The minimum atomic E-state index is 0.666. The van der Waals surface area contributed by atoms with Gasteiger partial charge >= 0.3 is 0 Å². The zero-order valence-corrected chi connectivity index (χ0v) is 10.6. The molecule has 1 heterocycles. The van der Waals surface area contributed by atoms with Gasteiger partial charge in [0.2, 0.25) is 0 Å². The summed E-state index contributed by atoms with van der Waals surface area (Å²) in [7, 11) is 2.19. The van der Waals surface area contributed by atoms with E-state index in [0.29, 0.717) is 6.04 Å². The molecular formula is C11H24N2S. The lowest BCUT2D eigenvalue weighted by Crippen LogP contribution is -2.35. The Morgan fingerprint density at radius 2 is 2.29 bits per heavy atom. The SMILES string of the molecule is CC(C)N(C)CCNCC1CCSC1. The second kappa shape index (κ2) is 6.70. The highest BCUT2D eigenvalue weighted by Gasteiger charge is 2.14. The maximum Gasteiger partial charge on any atom is 0.0106 e. The maximum absolute atomic E-state index is 3.56. The number of nitrogens with one attached hydrogen (secondary N) is 1. The minimum Gasteiger partial charge on any atom is -0.315 e. The summed E-state index contributed by atoms with van der Waals surface area (Å²) in [5.41, 5.74) is 0. The quantitative estimate of drug-likeness (QED) is 0.680. The lowest BCUT2D eigenvalue weighted by molar-refractivity contribution is 0.271. The van der Waals surface area contributed by atoms with Crippen LogP contribution in [0, 0.1) is 5.92 Å². The van der Waals surface area contributed by atoms with Gasteiger partial charge in [-0.25, -0.2) is 0 Å². The molecule has 0 aliphatic carbocycles. The molecule has 0 spiro atoms. The second-order valence-electron chi connectivity index (χ2n) is 4.51. The normalized spacial score (nSPS) is 22.5. The van der Waals surface area contributed by atoms with Gasteiger partial charge < -0.3 is 10.2 Å². The van der Waals surface area contributed by atoms with Crippen LogP contribution >= 0.6 is 11.8 Å². The molecule has 0 aromatic carbocycles. The Bertz CT molecular complexity index is 140. The molecule has 0 aromatic rings. The molecule has 0 saturated carbocycles. The Morgan fingerprint density at radius 3 is 2.86 bits per heavy atom. The van der Waals surface area contributed by atoms with Crippen molar-refractivity contribution in [1.29, 1.82) is 0 Å². The van der Waals surface area contributed by atoms with Crippen molar-refractivity contribution >= 4 is 11.8 Å². The summed E-state index contributed by atoms with van der Waals surface area (Å²) in [5, 5.41) is 3.56. The highest BCUT2D eigenvalue weighted by Crippen LogP contribution is 2.22. The molecule has 0 radical (unpaired) electrons. The Labute approximate surface area is 92.8 Å². The fourth-order valence-corrected chi connectivity index (χ4v) is 2.85. The molecule has 0 amide bonds. The summed E-state index contributed by atoms with van der Waals surface area (Å²) in [6.45, 7) is 8.01. The van der Waals surface area contributed by atoms with E-state index in [9.17, 15) is 0 Å². The van der Waals surface area contributed by atoms with E-state index in [-0.39, 0.29) is 0 Å². The largest absolute Gasteiger partial charge is 0.315 e. The molecular weight excluding hydrogens is 192 g/mol. The van der Waals surface area contributed by atoms with Crippen molar-refractivity contribution in [1.82, 2.24) is 10.2 Å². The molecule has 14 heavy (non-hydrogen) atoms. The van der Waals surface area contributed by atoms with E-state index in [4.69, 9.17) is 0 Å². The van der Waals surface area contributed by atoms with Gasteiger partial charge in [0.15, 0.2) is 0 Å². The van der Waals surface area contributed by atoms with Gasteiger partial charge in [-0.2, -0.15) is 11.8 Å². The summed E-state index contributed by atoms with van der Waals surface area (Å²) in [6.07, 6.45) is 1.41. The second-order valence-corrected chi connectivity index (χ2v) is 5.66. The third-order valence-electron chi connectivity index (χ3n) is 2.98. The van der Waals surface area contributed by atoms with Gasteiger partial charge in [-0.15, -0.1) is 0 Å². The monoisotopic (exact) mass is 216 g/mol. The molecule has 1 aliphatic rings. The molecule has 1 atom stereocenters. The van der Waals surface area contributed by atoms with E-state index < -0.39 is 0 Å². The average molecular weight is 216 g/mol. The van der Waals surface area contributed by atoms with E-state index >= 15 is 0 Å². The van der Waals surface area contributed by atoms with Crippen LogP contribution in [0.1, 0.15) is 20.3 Å². The van der Waals surface area contributed by atoms with Crippen molar-refractivity contribution in [3.63, 3.8) is 0 Å². The van der Waals surface area contributed by atoms with E-state index in [2.05, 4.69) is 42.9 Å². The van der Waals surface area contributed by atoms with Crippen LogP contribution in [0.4, 0.5) is 0 Å². The molecule has 1 rings (SSSR count). The third-order valence-corrected chi connectivity index (χ3v) is 4.21. The van der Waals surface area contributed by atoms with Crippen molar-refractivity contribution in [2.45, 2.75) is 26.3 Å². The van der Waals surface area contributed by atoms with Crippen molar-refractivity contribution in [3.05, 3.63) is 0 Å². The first-order chi connectivity index (χ1) is 6.70. The van der Waals surface area contributed by atoms with Crippen molar-refractivity contribution in [3.8, 4) is 0 Å². The Balaban J connectivity index is 1.93. The van der Waals surface area contributed by atoms with Gasteiger partial charge in [-0.1, -0.05) is 0 Å². The van der Waals surface area contributed by atoms with Crippen molar-refractivity contribution in [2.24, 2.45) is 5.92 Å². The molecule has 1 aliphatic heterocycles. The van der Waals surface area contributed by atoms with Crippen LogP contribution in [0.2, 0.25) is 0 Å². The molecule has 84 valence electrons. The molecule has 0 aromatic heterocycles. The number of hydrogen-bond acceptors (Lipinski definition) is 3. The number of likely N-dealkylation sites (N-methyl/N-ethyl adjacent to an activating group) is 1. The van der Waals surface area contributed by atoms with Crippen molar-refractivity contribution in [2.75, 3.05) is 38.2 Å². The zero-order chi connectivity index (χ0) is 10.4. The number of thioether (sulfide) groups is 1. The number of hydrogen-bond donors (Lipinski definition) is 1. The first-order valence-electron chi connectivity index (χ1n) is 5.69. The van der Waals surface area contributed by atoms with Gasteiger partial charge in [0.25, 0.3) is 0 Å². The van der Waals surface area contributed by atoms with Gasteiger partial charge in [0.1, 0.15) is 0 Å². The molecule has 3 heteroatoms. The molecule has 2 nitrogen and oxygen atoms in total. The summed E-state index contributed by atoms with van der Waals surface area (Å²) >= 11 is 2.10. The first kappa shape index (κ1) is 12.3. The summed E-state index contributed by atoms with van der Waals surface area (Å²) in [5.74, 6) is 3.68. The molecule has 1 saturated heterocycles. The maximum atomic E-state index is 3.56. The Kier molecular flexibility index (Phi) is 5.90. The highest BCUT2D eigenvalue weighted by molar-refractivity contribution is 7.99. The van der Waals surface area contributed by atoms with Gasteiger partial charge in [-0.05, 0) is 51.3 Å². The Hall–Kier alpha value is 0.270. The van der Waals surface area contributed by atoms with Gasteiger partial charge in [0, 0.05) is 19.1 Å². The molecule has 1 fully saturated rings. The van der Waals surface area contributed by atoms with Crippen LogP contribution in [0.25, 0.3) is 0 Å². The molecule has 1 N–H and O–H groups in total. The predicted molar refractivity (Wildman–Crippen MR) is 66.1 cm³/mol. The van der Waals surface area contributed by atoms with Crippen LogP contribution in [0.15, 0.2) is 0 Å². The Morgan fingerprint density at radius 1 is 1.50 bits per heavy atom. The summed E-state index contributed by atoms with van der Waals surface area (Å²) < 4.78 is 0. The van der Waals surface area contributed by atoms with E-state index in [1.165, 1.54) is 24.5 Å². The van der Waals surface area contributed by atoms with Crippen LogP contribution in [-0.2, 0) is 0 Å². The van der Waals surface area contributed by atoms with E-state index in [0.717, 1.165) is 19.0 Å². The lowest BCUT2D eigenvalue weighted by atomic mass is 10.1. The topological polar surface area (TPSA) is 15.3 Å². The van der Waals surface area contributed by atoms with Crippen molar-refractivity contribution < 1.29 is 0 Å². The zero-order valence-electron chi connectivity index (χ0n) is 9.75. The smallest absolute Gasteiger partial charge is 0.0106 e. The molecule has 1 unspecified atom stereocenters. The summed E-state index contributed by atoms with van der Waals surface area (Å²) in [6, 6.07) is 0.666. The average Bonchev–Trinajstić information content (AvgIpc) is 2.64. The number of nitrogens with zero attached hydrogens (tertiary/aromatic N) is 1. The number of rotatable bonds is 6.